The van der Waals surface area contributed by atoms with Crippen molar-refractivity contribution in [2.45, 2.75) is 18.9 Å². The molecule has 1 aliphatic rings. The Balaban J connectivity index is 1.34. The van der Waals surface area contributed by atoms with E-state index in [1.807, 2.05) is 72.8 Å². The van der Waals surface area contributed by atoms with Gasteiger partial charge in [-0.1, -0.05) is 72.8 Å². The van der Waals surface area contributed by atoms with Gasteiger partial charge in [0.15, 0.2) is 0 Å². The molecule has 2 amide bonds. The first-order valence-corrected chi connectivity index (χ1v) is 9.48. The molecule has 4 nitrogen and oxygen atoms in total. The Morgan fingerprint density at radius 3 is 2.14 bits per heavy atom. The fraction of sp³-hybridized carbons (Fsp3) is 0.167. The molecule has 0 aromatic heterocycles. The second-order valence-electron chi connectivity index (χ2n) is 7.05. The Morgan fingerprint density at radius 1 is 0.857 bits per heavy atom. The van der Waals surface area contributed by atoms with Crippen molar-refractivity contribution in [3.8, 4) is 11.1 Å². The highest BCUT2D eigenvalue weighted by atomic mass is 16.2. The molecule has 3 aromatic rings. The zero-order chi connectivity index (χ0) is 19.3. The van der Waals surface area contributed by atoms with E-state index >= 15 is 0 Å². The molecule has 1 saturated heterocycles. The van der Waals surface area contributed by atoms with E-state index in [0.29, 0.717) is 19.4 Å². The van der Waals surface area contributed by atoms with Crippen molar-refractivity contribution in [2.24, 2.45) is 0 Å². The van der Waals surface area contributed by atoms with E-state index in [4.69, 9.17) is 0 Å². The van der Waals surface area contributed by atoms with Crippen LogP contribution in [0.15, 0.2) is 84.9 Å². The lowest BCUT2D eigenvalue weighted by Gasteiger charge is -2.17. The highest BCUT2D eigenvalue weighted by molar-refractivity contribution is 5.96. The van der Waals surface area contributed by atoms with Crippen LogP contribution < -0.4 is 10.2 Å². The van der Waals surface area contributed by atoms with Gasteiger partial charge in [-0.15, -0.1) is 0 Å². The van der Waals surface area contributed by atoms with Crippen molar-refractivity contribution in [3.05, 3.63) is 90.5 Å². The van der Waals surface area contributed by atoms with E-state index < -0.39 is 0 Å². The SMILES string of the molecule is O=C(Cc1ccc(-c2ccccc2)cc1)N[C@H]1CC(=O)N(c2ccccc2)C1. The molecule has 1 atom stereocenters. The van der Waals surface area contributed by atoms with Crippen LogP contribution in [0, 0.1) is 0 Å². The first-order valence-electron chi connectivity index (χ1n) is 9.48. The number of rotatable bonds is 5. The molecule has 4 heteroatoms. The number of anilines is 1. The van der Waals surface area contributed by atoms with Gasteiger partial charge in [-0.25, -0.2) is 0 Å². The molecule has 140 valence electrons. The lowest BCUT2D eigenvalue weighted by atomic mass is 10.0. The first kappa shape index (κ1) is 18.0. The minimum atomic E-state index is -0.149. The predicted molar refractivity (Wildman–Crippen MR) is 111 cm³/mol. The molecule has 28 heavy (non-hydrogen) atoms. The van der Waals surface area contributed by atoms with Crippen LogP contribution in [0.25, 0.3) is 11.1 Å². The Kier molecular flexibility index (Phi) is 5.20. The third-order valence-electron chi connectivity index (χ3n) is 4.98. The maximum atomic E-state index is 12.4. The number of amides is 2. The van der Waals surface area contributed by atoms with E-state index in [2.05, 4.69) is 17.4 Å². The van der Waals surface area contributed by atoms with Crippen LogP contribution in [-0.4, -0.2) is 24.4 Å². The highest BCUT2D eigenvalue weighted by Crippen LogP contribution is 2.22. The van der Waals surface area contributed by atoms with Crippen LogP contribution in [0.5, 0.6) is 0 Å². The van der Waals surface area contributed by atoms with Crippen LogP contribution in [-0.2, 0) is 16.0 Å². The van der Waals surface area contributed by atoms with Crippen molar-refractivity contribution in [1.82, 2.24) is 5.32 Å². The number of hydrogen-bond acceptors (Lipinski definition) is 2. The van der Waals surface area contributed by atoms with E-state index in [0.717, 1.165) is 22.4 Å². The summed E-state index contributed by atoms with van der Waals surface area (Å²) in [5.74, 6) is -0.0103. The maximum absolute atomic E-state index is 12.4. The van der Waals surface area contributed by atoms with Crippen molar-refractivity contribution in [2.75, 3.05) is 11.4 Å². The van der Waals surface area contributed by atoms with Gasteiger partial charge >= 0.3 is 0 Å². The normalized spacial score (nSPS) is 16.2. The fourth-order valence-electron chi connectivity index (χ4n) is 3.57. The molecule has 0 saturated carbocycles. The number of hydrogen-bond donors (Lipinski definition) is 1. The van der Waals surface area contributed by atoms with Gasteiger partial charge in [0.25, 0.3) is 0 Å². The van der Waals surface area contributed by atoms with Crippen LogP contribution in [0.2, 0.25) is 0 Å². The summed E-state index contributed by atoms with van der Waals surface area (Å²) in [6.45, 7) is 0.515. The van der Waals surface area contributed by atoms with E-state index in [1.165, 1.54) is 0 Å². The van der Waals surface area contributed by atoms with Crippen molar-refractivity contribution >= 4 is 17.5 Å². The summed E-state index contributed by atoms with van der Waals surface area (Å²) in [5, 5.41) is 3.00. The Bertz CT molecular complexity index is 953. The minimum absolute atomic E-state index is 0.0451. The molecule has 0 spiro atoms. The molecule has 0 bridgehead atoms. The van der Waals surface area contributed by atoms with E-state index in [-0.39, 0.29) is 17.9 Å². The quantitative estimate of drug-likeness (QED) is 0.742. The third kappa shape index (κ3) is 4.12. The number of nitrogens with one attached hydrogen (secondary N) is 1. The van der Waals surface area contributed by atoms with Crippen molar-refractivity contribution in [3.63, 3.8) is 0 Å². The molecule has 1 heterocycles. The first-order chi connectivity index (χ1) is 13.7. The van der Waals surface area contributed by atoms with Crippen molar-refractivity contribution in [1.29, 1.82) is 0 Å². The number of benzene rings is 3. The summed E-state index contributed by atoms with van der Waals surface area (Å²) < 4.78 is 0. The number of nitrogens with zero attached hydrogens (tertiary/aromatic N) is 1. The summed E-state index contributed by atoms with van der Waals surface area (Å²) >= 11 is 0. The predicted octanol–water partition coefficient (Wildman–Crippen LogP) is 3.82. The molecule has 1 fully saturated rings. The van der Waals surface area contributed by atoms with Gasteiger partial charge in [0.1, 0.15) is 0 Å². The molecular weight excluding hydrogens is 348 g/mol. The molecular formula is C24H22N2O2. The molecule has 3 aromatic carbocycles. The van der Waals surface area contributed by atoms with Crippen LogP contribution >= 0.6 is 0 Å². The topological polar surface area (TPSA) is 49.4 Å². The fourth-order valence-corrected chi connectivity index (χ4v) is 3.57. The zero-order valence-corrected chi connectivity index (χ0v) is 15.5. The summed E-state index contributed by atoms with van der Waals surface area (Å²) in [5.41, 5.74) is 4.12. The van der Waals surface area contributed by atoms with Gasteiger partial charge < -0.3 is 10.2 Å². The monoisotopic (exact) mass is 370 g/mol. The third-order valence-corrected chi connectivity index (χ3v) is 4.98. The second kappa shape index (κ2) is 8.09. The molecule has 1 aliphatic heterocycles. The van der Waals surface area contributed by atoms with Gasteiger partial charge in [-0.2, -0.15) is 0 Å². The summed E-state index contributed by atoms with van der Waals surface area (Å²) in [6.07, 6.45) is 0.651. The zero-order valence-electron chi connectivity index (χ0n) is 15.5. The molecule has 4 rings (SSSR count). The Labute approximate surface area is 164 Å². The van der Waals surface area contributed by atoms with Gasteiger partial charge in [0, 0.05) is 18.7 Å². The van der Waals surface area contributed by atoms with Crippen LogP contribution in [0.1, 0.15) is 12.0 Å². The van der Waals surface area contributed by atoms with E-state index in [9.17, 15) is 9.59 Å². The van der Waals surface area contributed by atoms with E-state index in [1.54, 1.807) is 4.90 Å². The summed E-state index contributed by atoms with van der Waals surface area (Å²) in [4.78, 5) is 26.4. The number of carbonyl (C=O) groups is 2. The molecule has 0 unspecified atom stereocenters. The molecule has 0 aliphatic carbocycles. The lowest BCUT2D eigenvalue weighted by molar-refractivity contribution is -0.121. The molecule has 1 N–H and O–H groups in total. The summed E-state index contributed by atoms with van der Waals surface area (Å²) in [7, 11) is 0. The van der Waals surface area contributed by atoms with Crippen LogP contribution in [0.4, 0.5) is 5.69 Å². The average molecular weight is 370 g/mol. The average Bonchev–Trinajstić information content (AvgIpc) is 3.09. The Morgan fingerprint density at radius 2 is 1.46 bits per heavy atom. The number of para-hydroxylation sites is 1. The summed E-state index contributed by atoms with van der Waals surface area (Å²) in [6, 6.07) is 27.6. The lowest BCUT2D eigenvalue weighted by Crippen LogP contribution is -2.38. The highest BCUT2D eigenvalue weighted by Gasteiger charge is 2.31. The Hall–Kier alpha value is -3.40. The van der Waals surface area contributed by atoms with Crippen LogP contribution in [0.3, 0.4) is 0 Å². The largest absolute Gasteiger partial charge is 0.351 e. The van der Waals surface area contributed by atoms with Gasteiger partial charge in [-0.3, -0.25) is 9.59 Å². The van der Waals surface area contributed by atoms with Gasteiger partial charge in [0.05, 0.1) is 12.5 Å². The standard InChI is InChI=1S/C24H22N2O2/c27-23(15-18-11-13-20(14-12-18)19-7-3-1-4-8-19)25-21-16-24(28)26(17-21)22-9-5-2-6-10-22/h1-14,21H,15-17H2,(H,25,27)/t21-/m0/s1. The molecule has 0 radical (unpaired) electrons. The van der Waals surface area contributed by atoms with Gasteiger partial charge in [0.2, 0.25) is 11.8 Å². The van der Waals surface area contributed by atoms with Gasteiger partial charge in [-0.05, 0) is 28.8 Å². The minimum Gasteiger partial charge on any atom is -0.351 e. The maximum Gasteiger partial charge on any atom is 0.229 e. The van der Waals surface area contributed by atoms with Crippen molar-refractivity contribution < 1.29 is 9.59 Å². The second-order valence-corrected chi connectivity index (χ2v) is 7.05. The smallest absolute Gasteiger partial charge is 0.229 e. The number of carbonyl (C=O) groups excluding carboxylic acids is 2.